The van der Waals surface area contributed by atoms with E-state index in [0.29, 0.717) is 0 Å². The van der Waals surface area contributed by atoms with Gasteiger partial charge in [-0.05, 0) is 0 Å². The molecule has 1 unspecified atom stereocenters. The zero-order valence-electron chi connectivity index (χ0n) is 2.92. The lowest BCUT2D eigenvalue weighted by atomic mass is 11.6. The van der Waals surface area contributed by atoms with Gasteiger partial charge in [-0.3, -0.25) is 0 Å². The van der Waals surface area contributed by atoms with Crippen LogP contribution in [0.2, 0.25) is 0 Å². The summed E-state index contributed by atoms with van der Waals surface area (Å²) in [6.07, 6.45) is 0. The third-order valence-corrected chi connectivity index (χ3v) is 0.590. The van der Waals surface area contributed by atoms with Crippen molar-refractivity contribution in [3.05, 3.63) is 0 Å². The van der Waals surface area contributed by atoms with Crippen LogP contribution in [0, 0.1) is 0 Å². The van der Waals surface area contributed by atoms with E-state index in [0.717, 1.165) is 0 Å². The van der Waals surface area contributed by atoms with E-state index in [1.54, 1.807) is 0 Å². The molecule has 4 nitrogen and oxygen atoms in total. The van der Waals surface area contributed by atoms with Gasteiger partial charge in [-0.1, -0.05) is 0 Å². The van der Waals surface area contributed by atoms with Crippen molar-refractivity contribution in [2.24, 2.45) is 0 Å². The Morgan fingerprint density at radius 1 is 1.86 bits per heavy atom. The zero-order chi connectivity index (χ0) is 5.86. The molecule has 0 aliphatic heterocycles. The Morgan fingerprint density at radius 3 is 2.29 bits per heavy atom. The summed E-state index contributed by atoms with van der Waals surface area (Å²) in [5, 5.41) is 0. The minimum atomic E-state index is -2.83. The second kappa shape index (κ2) is 2.95. The quantitative estimate of drug-likeness (QED) is 0.387. The van der Waals surface area contributed by atoms with Crippen molar-refractivity contribution < 1.29 is 17.7 Å². The zero-order valence-corrected chi connectivity index (χ0v) is 4.49. The molecule has 0 aromatic heterocycles. The van der Waals surface area contributed by atoms with Crippen LogP contribution in [0.5, 0.6) is 0 Å². The molecule has 0 aliphatic carbocycles. The molecule has 0 aliphatic rings. The summed E-state index contributed by atoms with van der Waals surface area (Å²) < 4.78 is 21.9. The van der Waals surface area contributed by atoms with Gasteiger partial charge in [0.05, 0.1) is 0 Å². The lowest BCUT2D eigenvalue weighted by molar-refractivity contribution is 0.225. The molecule has 0 saturated carbocycles. The van der Waals surface area contributed by atoms with E-state index in [9.17, 15) is 13.6 Å². The molecule has 0 aromatic rings. The highest BCUT2D eigenvalue weighted by atomic mass is 35.5. The van der Waals surface area contributed by atoms with Crippen LogP contribution in [0.1, 0.15) is 0 Å². The molecule has 0 spiro atoms. The third kappa shape index (κ3) is 5.87. The summed E-state index contributed by atoms with van der Waals surface area (Å²) in [5.41, 5.74) is -1.35. The van der Waals surface area contributed by atoms with Gasteiger partial charge in [-0.25, -0.2) is 9.00 Å². The van der Waals surface area contributed by atoms with Gasteiger partial charge in [0.2, 0.25) is 0 Å². The SMILES string of the molecule is O=C(Cl)OS(=O)[O-]. The summed E-state index contributed by atoms with van der Waals surface area (Å²) >= 11 is 1.59. The lowest BCUT2D eigenvalue weighted by Gasteiger charge is -1.97. The molecule has 0 rings (SSSR count). The van der Waals surface area contributed by atoms with Crippen LogP contribution in [0.25, 0.3) is 0 Å². The topological polar surface area (TPSA) is 66.4 Å². The number of hydrogen-bond donors (Lipinski definition) is 0. The maximum Gasteiger partial charge on any atom is 0.417 e. The molecule has 0 bridgehead atoms. The normalized spacial score (nSPS) is 12.9. The number of rotatable bonds is 1. The van der Waals surface area contributed by atoms with E-state index in [1.165, 1.54) is 0 Å². The highest BCUT2D eigenvalue weighted by Crippen LogP contribution is 1.86. The largest absolute Gasteiger partial charge is 0.740 e. The second-order valence-electron chi connectivity index (χ2n) is 0.525. The molecule has 42 valence electrons. The summed E-state index contributed by atoms with van der Waals surface area (Å²) in [5.74, 6) is 0. The van der Waals surface area contributed by atoms with E-state index in [2.05, 4.69) is 15.8 Å². The minimum Gasteiger partial charge on any atom is -0.740 e. The smallest absolute Gasteiger partial charge is 0.417 e. The molecule has 0 amide bonds. The third-order valence-electron chi connectivity index (χ3n) is 0.134. The van der Waals surface area contributed by atoms with E-state index >= 15 is 0 Å². The van der Waals surface area contributed by atoms with Crippen molar-refractivity contribution in [2.45, 2.75) is 0 Å². The van der Waals surface area contributed by atoms with Crippen LogP contribution in [0.4, 0.5) is 4.79 Å². The molecule has 0 radical (unpaired) electrons. The van der Waals surface area contributed by atoms with Gasteiger partial charge in [0.1, 0.15) is 11.4 Å². The Kier molecular flexibility index (Phi) is 2.89. The van der Waals surface area contributed by atoms with Crippen LogP contribution >= 0.6 is 11.6 Å². The molecule has 6 heteroatoms. The van der Waals surface area contributed by atoms with Gasteiger partial charge in [0.25, 0.3) is 0 Å². The monoisotopic (exact) mass is 143 g/mol. The summed E-state index contributed by atoms with van der Waals surface area (Å²) in [6, 6.07) is 0. The predicted molar refractivity (Wildman–Crippen MR) is 21.3 cm³/mol. The van der Waals surface area contributed by atoms with Crippen LogP contribution < -0.4 is 0 Å². The molecule has 0 aromatic carbocycles. The fourth-order valence-electron chi connectivity index (χ4n) is 0.0535. The number of carbonyl (C=O) groups excluding carboxylic acids is 1. The first-order valence-corrected chi connectivity index (χ1v) is 2.48. The van der Waals surface area contributed by atoms with Crippen molar-refractivity contribution in [1.29, 1.82) is 0 Å². The first-order valence-electron chi connectivity index (χ1n) is 1.10. The number of halogens is 1. The van der Waals surface area contributed by atoms with E-state index < -0.39 is 16.8 Å². The molecule has 0 heterocycles. The Balaban J connectivity index is 3.32. The first kappa shape index (κ1) is 6.87. The van der Waals surface area contributed by atoms with Crippen LogP contribution in [-0.4, -0.2) is 14.2 Å². The fourth-order valence-corrected chi connectivity index (χ4v) is 0.315. The van der Waals surface area contributed by atoms with Crippen LogP contribution in [-0.2, 0) is 15.5 Å². The van der Waals surface area contributed by atoms with Crippen molar-refractivity contribution in [3.63, 3.8) is 0 Å². The Bertz CT molecular complexity index is 87.9. The Morgan fingerprint density at radius 2 is 2.29 bits per heavy atom. The van der Waals surface area contributed by atoms with E-state index in [4.69, 9.17) is 0 Å². The summed E-state index contributed by atoms with van der Waals surface area (Å²) in [7, 11) is 0. The molecule has 0 fully saturated rings. The standard InChI is InChI=1S/CHClO4S/c2-1(3)6-7(4)5/h(H,4,5)/p-1. The molecule has 7 heavy (non-hydrogen) atoms. The van der Waals surface area contributed by atoms with E-state index in [1.807, 2.05) is 0 Å². The van der Waals surface area contributed by atoms with E-state index in [-0.39, 0.29) is 0 Å². The second-order valence-corrected chi connectivity index (χ2v) is 1.41. The van der Waals surface area contributed by atoms with Gasteiger partial charge >= 0.3 is 5.43 Å². The average Bonchev–Trinajstić information content (AvgIpc) is 1.27. The summed E-state index contributed by atoms with van der Waals surface area (Å²) in [4.78, 5) is 9.40. The van der Waals surface area contributed by atoms with Gasteiger partial charge in [0, 0.05) is 11.6 Å². The molecule has 1 atom stereocenters. The highest BCUT2D eigenvalue weighted by Gasteiger charge is 1.90. The number of carbonyl (C=O) groups is 1. The Labute approximate surface area is 46.9 Å². The highest BCUT2D eigenvalue weighted by molar-refractivity contribution is 7.74. The molecular formula is CClO4S-. The summed E-state index contributed by atoms with van der Waals surface area (Å²) in [6.45, 7) is 0. The molecular weight excluding hydrogens is 144 g/mol. The maximum atomic E-state index is 9.40. The van der Waals surface area contributed by atoms with Crippen molar-refractivity contribution in [1.82, 2.24) is 0 Å². The molecule has 0 N–H and O–H groups in total. The maximum absolute atomic E-state index is 9.40. The lowest BCUT2D eigenvalue weighted by Crippen LogP contribution is -1.95. The van der Waals surface area contributed by atoms with Crippen molar-refractivity contribution in [2.75, 3.05) is 0 Å². The van der Waals surface area contributed by atoms with Gasteiger partial charge in [0.15, 0.2) is 0 Å². The van der Waals surface area contributed by atoms with Gasteiger partial charge in [-0.2, -0.15) is 0 Å². The van der Waals surface area contributed by atoms with Crippen LogP contribution in [0.15, 0.2) is 0 Å². The van der Waals surface area contributed by atoms with Gasteiger partial charge in [-0.15, -0.1) is 0 Å². The fraction of sp³-hybridized carbons (Fsp3) is 0. The number of hydrogen-bond acceptors (Lipinski definition) is 4. The Hall–Kier alpha value is -0.130. The average molecular weight is 144 g/mol. The van der Waals surface area contributed by atoms with Crippen LogP contribution in [0.3, 0.4) is 0 Å². The van der Waals surface area contributed by atoms with Crippen molar-refractivity contribution in [3.8, 4) is 0 Å². The molecule has 0 saturated heterocycles. The predicted octanol–water partition coefficient (Wildman–Crippen LogP) is 0.156. The minimum absolute atomic E-state index is 1.35. The van der Waals surface area contributed by atoms with Crippen molar-refractivity contribution >= 4 is 28.4 Å². The van der Waals surface area contributed by atoms with Gasteiger partial charge < -0.3 is 8.74 Å². The first-order chi connectivity index (χ1) is 3.13.